The summed E-state index contributed by atoms with van der Waals surface area (Å²) < 4.78 is 10.4. The lowest BCUT2D eigenvalue weighted by molar-refractivity contribution is -0.146. The minimum atomic E-state index is -0.844. The monoisotopic (exact) mass is 388 g/mol. The molecule has 0 aliphatic carbocycles. The number of nitrogens with zero attached hydrogens (tertiary/aromatic N) is 2. The van der Waals surface area contributed by atoms with Crippen LogP contribution < -0.4 is 4.74 Å². The Labute approximate surface area is 163 Å². The molecule has 27 heavy (non-hydrogen) atoms. The molecule has 1 aromatic carbocycles. The first-order valence-corrected chi connectivity index (χ1v) is 9.84. The Bertz CT molecular complexity index is 798. The molecule has 1 unspecified atom stereocenters. The second-order valence-corrected chi connectivity index (χ2v) is 6.86. The smallest absolute Gasteiger partial charge is 0.306 e. The van der Waals surface area contributed by atoms with E-state index in [2.05, 4.69) is 9.97 Å². The minimum absolute atomic E-state index is 0.171. The lowest BCUT2D eigenvalue weighted by Crippen LogP contribution is -2.24. The molecule has 0 N–H and O–H groups in total. The zero-order valence-electron chi connectivity index (χ0n) is 16.2. The van der Waals surface area contributed by atoms with Crippen LogP contribution in [0, 0.1) is 13.8 Å². The number of benzene rings is 1. The Morgan fingerprint density at radius 1 is 1.11 bits per heavy atom. The van der Waals surface area contributed by atoms with Gasteiger partial charge in [0, 0.05) is 23.4 Å². The van der Waals surface area contributed by atoms with Crippen molar-refractivity contribution in [1.82, 2.24) is 9.97 Å². The van der Waals surface area contributed by atoms with Crippen molar-refractivity contribution < 1.29 is 19.1 Å². The zero-order chi connectivity index (χ0) is 20.0. The van der Waals surface area contributed by atoms with E-state index >= 15 is 0 Å². The molecule has 0 bridgehead atoms. The van der Waals surface area contributed by atoms with Gasteiger partial charge in [-0.3, -0.25) is 9.59 Å². The van der Waals surface area contributed by atoms with E-state index in [4.69, 9.17) is 9.47 Å². The highest BCUT2D eigenvalue weighted by Crippen LogP contribution is 2.18. The van der Waals surface area contributed by atoms with E-state index in [-0.39, 0.29) is 12.2 Å². The number of methoxy groups -OCH3 is 1. The third kappa shape index (κ3) is 5.53. The van der Waals surface area contributed by atoms with Crippen molar-refractivity contribution in [3.8, 4) is 5.75 Å². The number of rotatable bonds is 8. The van der Waals surface area contributed by atoms with Crippen LogP contribution in [-0.4, -0.2) is 41.2 Å². The number of carbonyl (C=O) groups is 2. The fraction of sp³-hybridized carbons (Fsp3) is 0.400. The highest BCUT2D eigenvalue weighted by atomic mass is 32.2. The molecule has 0 saturated heterocycles. The predicted octanol–water partition coefficient (Wildman–Crippen LogP) is 3.57. The summed E-state index contributed by atoms with van der Waals surface area (Å²) >= 11 is 1.48. The van der Waals surface area contributed by atoms with Crippen LogP contribution >= 0.6 is 11.8 Å². The molecule has 6 nitrogen and oxygen atoms in total. The highest BCUT2D eigenvalue weighted by molar-refractivity contribution is 7.98. The predicted molar refractivity (Wildman–Crippen MR) is 104 cm³/mol. The second kappa shape index (κ2) is 9.50. The Balaban J connectivity index is 1.94. The van der Waals surface area contributed by atoms with Gasteiger partial charge >= 0.3 is 5.97 Å². The molecule has 0 aliphatic rings. The van der Waals surface area contributed by atoms with Gasteiger partial charge in [0.2, 0.25) is 5.78 Å². The number of Topliss-reactive ketones (excluding diaryl/α,β-unsaturated/α-hetero) is 1. The summed E-state index contributed by atoms with van der Waals surface area (Å²) in [6, 6.07) is 6.71. The minimum Gasteiger partial charge on any atom is -0.497 e. The summed E-state index contributed by atoms with van der Waals surface area (Å²) in [6.07, 6.45) is 1.73. The van der Waals surface area contributed by atoms with Crippen molar-refractivity contribution in [3.05, 3.63) is 46.8 Å². The van der Waals surface area contributed by atoms with E-state index in [1.165, 1.54) is 11.8 Å². The van der Waals surface area contributed by atoms with Crippen LogP contribution in [0.15, 0.2) is 29.4 Å². The normalized spacial score (nSPS) is 11.7. The summed E-state index contributed by atoms with van der Waals surface area (Å²) in [5, 5.41) is 0.718. The molecule has 7 heteroatoms. The number of esters is 1. The van der Waals surface area contributed by atoms with Crippen molar-refractivity contribution in [2.75, 3.05) is 13.4 Å². The van der Waals surface area contributed by atoms with Crippen molar-refractivity contribution in [2.45, 2.75) is 44.9 Å². The van der Waals surface area contributed by atoms with Crippen LogP contribution in [0.1, 0.15) is 40.7 Å². The first-order chi connectivity index (χ1) is 12.8. The number of ketones is 1. The highest BCUT2D eigenvalue weighted by Gasteiger charge is 2.20. The Hall–Kier alpha value is -2.41. The van der Waals surface area contributed by atoms with Gasteiger partial charge in [0.25, 0.3) is 0 Å². The first kappa shape index (κ1) is 20.9. The molecule has 1 heterocycles. The number of hydrogen-bond donors (Lipinski definition) is 0. The van der Waals surface area contributed by atoms with Gasteiger partial charge in [-0.15, -0.1) is 0 Å². The maximum Gasteiger partial charge on any atom is 0.306 e. The molecule has 0 aliphatic heterocycles. The van der Waals surface area contributed by atoms with Crippen LogP contribution in [0.3, 0.4) is 0 Å². The SMILES string of the molecule is COc1ccc(C(=O)C(C)OC(=O)CCc2c(C)nc(SC)nc2C)cc1. The van der Waals surface area contributed by atoms with Crippen LogP contribution in [0.5, 0.6) is 5.75 Å². The van der Waals surface area contributed by atoms with Crippen LogP contribution in [0.4, 0.5) is 0 Å². The van der Waals surface area contributed by atoms with Gasteiger partial charge < -0.3 is 9.47 Å². The number of aryl methyl sites for hydroxylation is 2. The molecule has 1 aromatic heterocycles. The van der Waals surface area contributed by atoms with Gasteiger partial charge in [0.15, 0.2) is 11.3 Å². The molecule has 2 rings (SSSR count). The summed E-state index contributed by atoms with van der Waals surface area (Å²) in [6.45, 7) is 5.40. The van der Waals surface area contributed by atoms with Gasteiger partial charge in [-0.25, -0.2) is 9.97 Å². The standard InChI is InChI=1S/C20H24N2O4S/c1-12-17(13(2)22-20(21-12)27-5)10-11-18(23)26-14(3)19(24)15-6-8-16(25-4)9-7-15/h6-9,14H,10-11H2,1-5H3. The molecular formula is C20H24N2O4S. The summed E-state index contributed by atoms with van der Waals surface area (Å²) in [7, 11) is 1.56. The number of ether oxygens (including phenoxy) is 2. The average Bonchev–Trinajstić information content (AvgIpc) is 2.66. The third-order valence-corrected chi connectivity index (χ3v) is 4.76. The van der Waals surface area contributed by atoms with Gasteiger partial charge in [-0.2, -0.15) is 0 Å². The summed E-state index contributed by atoms with van der Waals surface area (Å²) in [5.41, 5.74) is 3.15. The topological polar surface area (TPSA) is 78.4 Å². The van der Waals surface area contributed by atoms with Crippen molar-refractivity contribution >= 4 is 23.5 Å². The van der Waals surface area contributed by atoms with E-state index < -0.39 is 12.1 Å². The summed E-state index contributed by atoms with van der Waals surface area (Å²) in [5.74, 6) is -0.000210. The molecule has 0 fully saturated rings. The number of carbonyl (C=O) groups excluding carboxylic acids is 2. The molecule has 0 spiro atoms. The Kier molecular flexibility index (Phi) is 7.36. The second-order valence-electron chi connectivity index (χ2n) is 6.08. The van der Waals surface area contributed by atoms with E-state index in [0.717, 1.165) is 22.1 Å². The van der Waals surface area contributed by atoms with Crippen LogP contribution in [0.2, 0.25) is 0 Å². The molecule has 0 saturated carbocycles. The van der Waals surface area contributed by atoms with Gasteiger partial charge in [0.1, 0.15) is 5.75 Å². The maximum absolute atomic E-state index is 12.4. The van der Waals surface area contributed by atoms with Crippen molar-refractivity contribution in [2.24, 2.45) is 0 Å². The van der Waals surface area contributed by atoms with E-state index in [1.54, 1.807) is 38.3 Å². The Morgan fingerprint density at radius 2 is 1.70 bits per heavy atom. The first-order valence-electron chi connectivity index (χ1n) is 8.61. The van der Waals surface area contributed by atoms with E-state index in [1.807, 2.05) is 20.1 Å². The van der Waals surface area contributed by atoms with E-state index in [9.17, 15) is 9.59 Å². The summed E-state index contributed by atoms with van der Waals surface area (Å²) in [4.78, 5) is 33.4. The lowest BCUT2D eigenvalue weighted by Gasteiger charge is -2.14. The van der Waals surface area contributed by atoms with E-state index in [0.29, 0.717) is 17.7 Å². The molecule has 0 amide bonds. The van der Waals surface area contributed by atoms with Gasteiger partial charge in [-0.05, 0) is 63.3 Å². The number of thioether (sulfide) groups is 1. The fourth-order valence-electron chi connectivity index (χ4n) is 2.69. The Morgan fingerprint density at radius 3 is 2.22 bits per heavy atom. The van der Waals surface area contributed by atoms with Crippen LogP contribution in [0.25, 0.3) is 0 Å². The number of hydrogen-bond acceptors (Lipinski definition) is 7. The van der Waals surface area contributed by atoms with Crippen molar-refractivity contribution in [1.29, 1.82) is 0 Å². The quantitative estimate of drug-likeness (QED) is 0.296. The van der Waals surface area contributed by atoms with Crippen LogP contribution in [-0.2, 0) is 16.0 Å². The molecule has 1 atom stereocenters. The molecular weight excluding hydrogens is 364 g/mol. The number of aromatic nitrogens is 2. The lowest BCUT2D eigenvalue weighted by atomic mass is 10.1. The van der Waals surface area contributed by atoms with Gasteiger partial charge in [-0.1, -0.05) is 11.8 Å². The molecule has 2 aromatic rings. The third-order valence-electron chi connectivity index (χ3n) is 4.21. The maximum atomic E-state index is 12.4. The average molecular weight is 388 g/mol. The fourth-order valence-corrected chi connectivity index (χ4v) is 3.14. The van der Waals surface area contributed by atoms with Crippen molar-refractivity contribution in [3.63, 3.8) is 0 Å². The van der Waals surface area contributed by atoms with Gasteiger partial charge in [0.05, 0.1) is 7.11 Å². The largest absolute Gasteiger partial charge is 0.497 e. The zero-order valence-corrected chi connectivity index (χ0v) is 17.1. The molecule has 0 radical (unpaired) electrons. The molecule has 144 valence electrons.